The lowest BCUT2D eigenvalue weighted by Gasteiger charge is -2.31. The van der Waals surface area contributed by atoms with E-state index in [4.69, 9.17) is 16.2 Å². The van der Waals surface area contributed by atoms with Gasteiger partial charge < -0.3 is 37.3 Å². The van der Waals surface area contributed by atoms with Crippen molar-refractivity contribution in [3.63, 3.8) is 0 Å². The highest BCUT2D eigenvalue weighted by molar-refractivity contribution is 5.85. The lowest BCUT2D eigenvalue weighted by atomic mass is 9.80. The van der Waals surface area contributed by atoms with Gasteiger partial charge in [-0.15, -0.1) is 0 Å². The second-order valence-corrected chi connectivity index (χ2v) is 11.4. The molecule has 11 nitrogen and oxygen atoms in total. The normalized spacial score (nSPS) is 14.2. The second-order valence-electron chi connectivity index (χ2n) is 11.4. The summed E-state index contributed by atoms with van der Waals surface area (Å²) in [5.74, 6) is -0.451. The van der Waals surface area contributed by atoms with Crippen molar-refractivity contribution in [2.45, 2.75) is 96.1 Å². The van der Waals surface area contributed by atoms with Crippen LogP contribution < -0.4 is 27.4 Å². The fourth-order valence-electron chi connectivity index (χ4n) is 5.29. The fourth-order valence-corrected chi connectivity index (χ4v) is 5.29. The van der Waals surface area contributed by atoms with E-state index in [0.29, 0.717) is 45.2 Å². The number of carbonyl (C=O) groups excluding carboxylic acids is 3. The highest BCUT2D eigenvalue weighted by Crippen LogP contribution is 2.31. The zero-order valence-corrected chi connectivity index (χ0v) is 27.1. The Labute approximate surface area is 272 Å². The first-order valence-electron chi connectivity index (χ1n) is 16.2. The molecule has 0 saturated carbocycles. The Morgan fingerprint density at radius 3 is 2.22 bits per heavy atom. The molecule has 0 aliphatic carbocycles. The summed E-state index contributed by atoms with van der Waals surface area (Å²) >= 11 is 0. The van der Waals surface area contributed by atoms with Gasteiger partial charge in [0.25, 0.3) is 0 Å². The Kier molecular flexibility index (Phi) is 18.0. The number of hydrogen-bond acceptors (Lipinski definition) is 7. The van der Waals surface area contributed by atoms with Crippen molar-refractivity contribution in [3.05, 3.63) is 77.4 Å². The predicted octanol–water partition coefficient (Wildman–Crippen LogP) is 4.00. The number of ether oxygens (including phenoxy) is 1. The van der Waals surface area contributed by atoms with E-state index in [9.17, 15) is 24.3 Å². The average Bonchev–Trinajstić information content (AvgIpc) is 3.07. The molecule has 2 aromatic rings. The van der Waals surface area contributed by atoms with Crippen LogP contribution in [0, 0.1) is 5.92 Å². The van der Waals surface area contributed by atoms with Gasteiger partial charge in [0.05, 0.1) is 18.6 Å². The molecule has 0 saturated heterocycles. The summed E-state index contributed by atoms with van der Waals surface area (Å²) in [4.78, 5) is 51.6. The number of aliphatic carboxylic acids is 1. The molecule has 0 fully saturated rings. The highest BCUT2D eigenvalue weighted by atomic mass is 16.5. The molecule has 2 rings (SSSR count). The van der Waals surface area contributed by atoms with Crippen LogP contribution in [-0.2, 0) is 25.7 Å². The summed E-state index contributed by atoms with van der Waals surface area (Å²) in [6, 6.07) is 16.2. The number of nitrogens with two attached hydrogens (primary N) is 2. The summed E-state index contributed by atoms with van der Waals surface area (Å²) < 4.78 is 5.79. The average molecular weight is 638 g/mol. The maximum atomic E-state index is 13.7. The molecule has 0 radical (unpaired) electrons. The minimum absolute atomic E-state index is 0.0571. The molecule has 46 heavy (non-hydrogen) atoms. The Morgan fingerprint density at radius 2 is 1.63 bits per heavy atom. The first kappa shape index (κ1) is 38.2. The molecule has 0 bridgehead atoms. The van der Waals surface area contributed by atoms with Crippen LogP contribution in [0.2, 0.25) is 0 Å². The van der Waals surface area contributed by atoms with Crippen molar-refractivity contribution in [2.24, 2.45) is 17.4 Å². The van der Waals surface area contributed by atoms with Gasteiger partial charge in [0.2, 0.25) is 5.91 Å². The van der Waals surface area contributed by atoms with E-state index in [1.807, 2.05) is 80.5 Å². The van der Waals surface area contributed by atoms with Crippen LogP contribution in [0.25, 0.3) is 0 Å². The van der Waals surface area contributed by atoms with E-state index < -0.39 is 36.2 Å². The third-order valence-electron chi connectivity index (χ3n) is 7.94. The quantitative estimate of drug-likeness (QED) is 0.0635. The summed E-state index contributed by atoms with van der Waals surface area (Å²) in [5, 5.41) is 18.0. The predicted molar refractivity (Wildman–Crippen MR) is 178 cm³/mol. The molecular weight excluding hydrogens is 586 g/mol. The lowest BCUT2D eigenvalue weighted by molar-refractivity contribution is -0.139. The number of carboxylic acids is 1. The minimum Gasteiger partial charge on any atom is -0.480 e. The number of nitrogens with one attached hydrogen (secondary N) is 3. The van der Waals surface area contributed by atoms with Gasteiger partial charge in [0.1, 0.15) is 18.2 Å². The van der Waals surface area contributed by atoms with Crippen molar-refractivity contribution in [1.82, 2.24) is 16.0 Å². The summed E-state index contributed by atoms with van der Waals surface area (Å²) in [6.07, 6.45) is 2.63. The van der Waals surface area contributed by atoms with Gasteiger partial charge in [-0.25, -0.2) is 14.4 Å². The van der Waals surface area contributed by atoms with Gasteiger partial charge in [-0.2, -0.15) is 0 Å². The van der Waals surface area contributed by atoms with Crippen LogP contribution in [0.4, 0.5) is 4.79 Å². The van der Waals surface area contributed by atoms with Crippen molar-refractivity contribution in [1.29, 1.82) is 0 Å². The molecule has 252 valence electrons. The molecule has 3 amide bonds. The number of urea groups is 1. The van der Waals surface area contributed by atoms with Crippen molar-refractivity contribution < 1.29 is 29.0 Å². The Hall–Kier alpha value is -4.02. The van der Waals surface area contributed by atoms with E-state index in [-0.39, 0.29) is 43.3 Å². The lowest BCUT2D eigenvalue weighted by Crippen LogP contribution is -2.54. The maximum absolute atomic E-state index is 13.7. The highest BCUT2D eigenvalue weighted by Gasteiger charge is 2.36. The molecule has 8 N–H and O–H groups in total. The maximum Gasteiger partial charge on any atom is 0.326 e. The number of benzene rings is 2. The number of carbonyl (C=O) groups is 3. The summed E-state index contributed by atoms with van der Waals surface area (Å²) in [5.41, 5.74) is 13.9. The van der Waals surface area contributed by atoms with Gasteiger partial charge in [-0.1, -0.05) is 74.5 Å². The number of unbranched alkanes of at least 4 members (excludes halogenated alkanes) is 1. The van der Waals surface area contributed by atoms with E-state index in [1.54, 1.807) is 0 Å². The number of amides is 3. The van der Waals surface area contributed by atoms with Crippen LogP contribution in [0.15, 0.2) is 66.2 Å². The Bertz CT molecular complexity index is 1240. The van der Waals surface area contributed by atoms with Crippen molar-refractivity contribution >= 4 is 23.8 Å². The standard InChI is InChI=1S/C35H51N5O6/c1-3-21-38-33(42)29(22-26(4-2)27-15-9-6-10-16-27)32(40-35(45)39-30(34(43)44)17-11-12-20-36)28(23-41)18-19-31(37)46-24-25-13-7-5-8-14-25/h5-10,13-16,26,29-32H,3-4,11-12,17-22,24,36-37H2,1-2H3,(H,38,42)(H,43,44)(H2,39,40,45). The first-order chi connectivity index (χ1) is 22.2. The molecule has 0 spiro atoms. The van der Waals surface area contributed by atoms with Gasteiger partial charge in [-0.05, 0) is 75.0 Å². The third-order valence-corrected chi connectivity index (χ3v) is 7.94. The van der Waals surface area contributed by atoms with Crippen LogP contribution in [-0.4, -0.2) is 60.4 Å². The fraction of sp³-hybridized carbons (Fsp3) is 0.514. The molecule has 0 aliphatic rings. The first-order valence-corrected chi connectivity index (χ1v) is 16.2. The largest absolute Gasteiger partial charge is 0.480 e. The SMILES string of the molecule is CCCNC(=O)C(CC(CC)c1ccccc1)C(NC(=O)NC(CCCCN)C(=O)O)C(=C=O)CCC(N)OCc1ccccc1. The monoisotopic (exact) mass is 637 g/mol. The van der Waals surface area contributed by atoms with Crippen LogP contribution in [0.1, 0.15) is 82.3 Å². The van der Waals surface area contributed by atoms with Crippen molar-refractivity contribution in [3.8, 4) is 0 Å². The second kappa shape index (κ2) is 21.7. The summed E-state index contributed by atoms with van der Waals surface area (Å²) in [7, 11) is 0. The minimum atomic E-state index is -1.19. The van der Waals surface area contributed by atoms with Gasteiger partial charge >= 0.3 is 12.0 Å². The smallest absolute Gasteiger partial charge is 0.326 e. The van der Waals surface area contributed by atoms with E-state index in [2.05, 4.69) is 16.0 Å². The topological polar surface area (TPSA) is 186 Å². The van der Waals surface area contributed by atoms with Crippen LogP contribution >= 0.6 is 0 Å². The van der Waals surface area contributed by atoms with E-state index >= 15 is 0 Å². The Balaban J connectivity index is 2.37. The molecule has 2 aromatic carbocycles. The molecule has 0 aromatic heterocycles. The van der Waals surface area contributed by atoms with E-state index in [1.165, 1.54) is 0 Å². The molecule has 5 unspecified atom stereocenters. The zero-order valence-electron chi connectivity index (χ0n) is 27.1. The summed E-state index contributed by atoms with van der Waals surface area (Å²) in [6.45, 7) is 5.05. The van der Waals surface area contributed by atoms with Gasteiger partial charge in [0.15, 0.2) is 0 Å². The number of rotatable bonds is 22. The van der Waals surface area contributed by atoms with Gasteiger partial charge in [0, 0.05) is 12.1 Å². The molecule has 0 heterocycles. The molecule has 0 aliphatic heterocycles. The zero-order chi connectivity index (χ0) is 33.7. The molecule has 5 atom stereocenters. The number of carboxylic acid groups (broad SMARTS) is 1. The number of hydrogen-bond donors (Lipinski definition) is 6. The van der Waals surface area contributed by atoms with E-state index in [0.717, 1.165) is 11.1 Å². The third kappa shape index (κ3) is 13.5. The Morgan fingerprint density at radius 1 is 0.957 bits per heavy atom. The molecule has 11 heteroatoms. The van der Waals surface area contributed by atoms with Gasteiger partial charge in [-0.3, -0.25) is 4.79 Å². The van der Waals surface area contributed by atoms with Crippen molar-refractivity contribution in [2.75, 3.05) is 13.1 Å². The van der Waals surface area contributed by atoms with Crippen LogP contribution in [0.5, 0.6) is 0 Å². The van der Waals surface area contributed by atoms with Crippen LogP contribution in [0.3, 0.4) is 0 Å². The molecular formula is C35H51N5O6.